The van der Waals surface area contributed by atoms with Gasteiger partial charge in [-0.25, -0.2) is 4.79 Å². The van der Waals surface area contributed by atoms with Crippen LogP contribution in [0.4, 0.5) is 5.69 Å². The number of benzene rings is 1. The van der Waals surface area contributed by atoms with Crippen LogP contribution in [0, 0.1) is 10.1 Å². The van der Waals surface area contributed by atoms with E-state index in [1.165, 1.54) is 0 Å². The van der Waals surface area contributed by atoms with Crippen LogP contribution in [-0.2, 0) is 14.9 Å². The second-order valence-corrected chi connectivity index (χ2v) is 4.79. The third kappa shape index (κ3) is 3.42. The number of nitro benzene ring substituents is 1. The molecule has 0 aliphatic heterocycles. The van der Waals surface area contributed by atoms with E-state index >= 15 is 0 Å². The van der Waals surface area contributed by atoms with Gasteiger partial charge in [0.05, 0.1) is 24.4 Å². The Balaban J connectivity index is 3.35. The number of rotatable bonds is 4. The van der Waals surface area contributed by atoms with Crippen molar-refractivity contribution in [3.05, 3.63) is 33.9 Å². The van der Waals surface area contributed by atoms with Gasteiger partial charge in [0, 0.05) is 6.07 Å². The van der Waals surface area contributed by atoms with Crippen molar-refractivity contribution < 1.29 is 27.1 Å². The Labute approximate surface area is 102 Å². The summed E-state index contributed by atoms with van der Waals surface area (Å²) < 4.78 is 30.9. The van der Waals surface area contributed by atoms with Gasteiger partial charge in [-0.2, -0.15) is 8.42 Å². The van der Waals surface area contributed by atoms with Crippen LogP contribution in [0.1, 0.15) is 10.4 Å². The first-order valence-corrected chi connectivity index (χ1v) is 6.32. The predicted molar refractivity (Wildman–Crippen MR) is 59.9 cm³/mol. The van der Waals surface area contributed by atoms with Crippen LogP contribution in [0.5, 0.6) is 5.75 Å². The molecular formula is C9H9NO7S. The quantitative estimate of drug-likeness (QED) is 0.344. The van der Waals surface area contributed by atoms with Crippen LogP contribution in [0.25, 0.3) is 0 Å². The van der Waals surface area contributed by atoms with Crippen molar-refractivity contribution in [1.82, 2.24) is 0 Å². The smallest absolute Gasteiger partial charge is 0.341 e. The zero-order chi connectivity index (χ0) is 13.9. The normalized spacial score (nSPS) is 10.8. The lowest BCUT2D eigenvalue weighted by atomic mass is 10.2. The highest BCUT2D eigenvalue weighted by Gasteiger charge is 2.20. The van der Waals surface area contributed by atoms with Crippen LogP contribution >= 0.6 is 0 Å². The number of hydrogen-bond donors (Lipinski definition) is 0. The molecule has 1 aromatic carbocycles. The molecule has 0 saturated heterocycles. The Hall–Kier alpha value is -2.16. The summed E-state index contributed by atoms with van der Waals surface area (Å²) in [5, 5.41) is 10.6. The molecule has 18 heavy (non-hydrogen) atoms. The summed E-state index contributed by atoms with van der Waals surface area (Å²) in [7, 11) is -2.82. The SMILES string of the molecule is COC(=O)c1ccc([N+](=O)[O-])cc1OS(C)(=O)=O. The number of ether oxygens (including phenoxy) is 1. The van der Waals surface area contributed by atoms with E-state index in [4.69, 9.17) is 0 Å². The van der Waals surface area contributed by atoms with Gasteiger partial charge in [0.15, 0.2) is 5.75 Å². The summed E-state index contributed by atoms with van der Waals surface area (Å²) in [6, 6.07) is 2.94. The summed E-state index contributed by atoms with van der Waals surface area (Å²) in [5.74, 6) is -1.30. The predicted octanol–water partition coefficient (Wildman–Crippen LogP) is 0.720. The van der Waals surface area contributed by atoms with Crippen LogP contribution in [-0.4, -0.2) is 32.7 Å². The maximum absolute atomic E-state index is 11.3. The number of carbonyl (C=O) groups excluding carboxylic acids is 1. The molecule has 8 nitrogen and oxygen atoms in total. The number of nitrogens with zero attached hydrogens (tertiary/aromatic N) is 1. The van der Waals surface area contributed by atoms with E-state index in [1.54, 1.807) is 0 Å². The topological polar surface area (TPSA) is 113 Å². The highest BCUT2D eigenvalue weighted by Crippen LogP contribution is 2.26. The van der Waals surface area contributed by atoms with Crippen molar-refractivity contribution in [2.24, 2.45) is 0 Å². The van der Waals surface area contributed by atoms with Gasteiger partial charge >= 0.3 is 16.1 Å². The van der Waals surface area contributed by atoms with Crippen LogP contribution in [0.3, 0.4) is 0 Å². The van der Waals surface area contributed by atoms with Crippen molar-refractivity contribution in [2.45, 2.75) is 0 Å². The molecule has 0 aliphatic carbocycles. The van der Waals surface area contributed by atoms with Crippen molar-refractivity contribution in [1.29, 1.82) is 0 Å². The maximum atomic E-state index is 11.3. The van der Waals surface area contributed by atoms with Crippen LogP contribution in [0.2, 0.25) is 0 Å². The molecule has 0 spiro atoms. The lowest BCUT2D eigenvalue weighted by molar-refractivity contribution is -0.384. The molecular weight excluding hydrogens is 266 g/mol. The molecule has 0 radical (unpaired) electrons. The Kier molecular flexibility index (Phi) is 3.86. The second kappa shape index (κ2) is 5.00. The summed E-state index contributed by atoms with van der Waals surface area (Å²) in [6.45, 7) is 0. The van der Waals surface area contributed by atoms with Crippen molar-refractivity contribution >= 4 is 21.8 Å². The lowest BCUT2D eigenvalue weighted by Gasteiger charge is -2.07. The summed E-state index contributed by atoms with van der Waals surface area (Å²) in [6.07, 6.45) is 0.757. The van der Waals surface area contributed by atoms with Gasteiger partial charge in [-0.3, -0.25) is 10.1 Å². The standard InChI is InChI=1S/C9H9NO7S/c1-16-9(11)7-4-3-6(10(12)13)5-8(7)17-18(2,14)15/h3-5H,1-2H3. The van der Waals surface area contributed by atoms with Gasteiger partial charge in [-0.1, -0.05) is 0 Å². The van der Waals surface area contributed by atoms with E-state index in [1.807, 2.05) is 0 Å². The van der Waals surface area contributed by atoms with Gasteiger partial charge < -0.3 is 8.92 Å². The molecule has 0 heterocycles. The molecule has 0 amide bonds. The molecule has 98 valence electrons. The number of carbonyl (C=O) groups is 1. The van der Waals surface area contributed by atoms with E-state index in [0.717, 1.165) is 31.6 Å². The average Bonchev–Trinajstić information content (AvgIpc) is 2.25. The molecule has 0 aliphatic rings. The molecule has 1 aromatic rings. The van der Waals surface area contributed by atoms with Crippen molar-refractivity contribution in [2.75, 3.05) is 13.4 Å². The van der Waals surface area contributed by atoms with Crippen molar-refractivity contribution in [3.8, 4) is 5.75 Å². The maximum Gasteiger partial charge on any atom is 0.341 e. The zero-order valence-electron chi connectivity index (χ0n) is 9.45. The number of esters is 1. The van der Waals surface area contributed by atoms with Gasteiger partial charge in [0.1, 0.15) is 5.56 Å². The fraction of sp³-hybridized carbons (Fsp3) is 0.222. The minimum absolute atomic E-state index is 0.214. The molecule has 0 aromatic heterocycles. The van der Waals surface area contributed by atoms with Crippen LogP contribution in [0.15, 0.2) is 18.2 Å². The first-order valence-electron chi connectivity index (χ1n) is 4.51. The fourth-order valence-corrected chi connectivity index (χ4v) is 1.60. The van der Waals surface area contributed by atoms with Crippen LogP contribution < -0.4 is 4.18 Å². The third-order valence-corrected chi connectivity index (χ3v) is 2.30. The zero-order valence-corrected chi connectivity index (χ0v) is 10.3. The summed E-state index contributed by atoms with van der Waals surface area (Å²) in [4.78, 5) is 21.1. The Morgan fingerprint density at radius 1 is 1.39 bits per heavy atom. The highest BCUT2D eigenvalue weighted by molar-refractivity contribution is 7.86. The molecule has 9 heteroatoms. The monoisotopic (exact) mass is 275 g/mol. The van der Waals surface area contributed by atoms with E-state index in [0.29, 0.717) is 0 Å². The van der Waals surface area contributed by atoms with E-state index in [-0.39, 0.29) is 5.56 Å². The average molecular weight is 275 g/mol. The first kappa shape index (κ1) is 13.9. The molecule has 0 bridgehead atoms. The fourth-order valence-electron chi connectivity index (χ4n) is 1.14. The van der Waals surface area contributed by atoms with Gasteiger partial charge in [-0.15, -0.1) is 0 Å². The second-order valence-electron chi connectivity index (χ2n) is 3.22. The van der Waals surface area contributed by atoms with E-state index in [2.05, 4.69) is 8.92 Å². The molecule has 0 fully saturated rings. The third-order valence-electron chi connectivity index (χ3n) is 1.82. The largest absolute Gasteiger partial charge is 0.465 e. The lowest BCUT2D eigenvalue weighted by Crippen LogP contribution is -2.11. The number of methoxy groups -OCH3 is 1. The van der Waals surface area contributed by atoms with Gasteiger partial charge in [0.25, 0.3) is 5.69 Å². The number of nitro groups is 1. The Morgan fingerprint density at radius 2 is 2.00 bits per heavy atom. The number of hydrogen-bond acceptors (Lipinski definition) is 7. The minimum atomic E-state index is -3.91. The Bertz CT molecular complexity index is 593. The molecule has 0 atom stereocenters. The number of non-ortho nitro benzene ring substituents is 1. The van der Waals surface area contributed by atoms with Gasteiger partial charge in [0.2, 0.25) is 0 Å². The molecule has 0 saturated carbocycles. The highest BCUT2D eigenvalue weighted by atomic mass is 32.2. The van der Waals surface area contributed by atoms with Crippen molar-refractivity contribution in [3.63, 3.8) is 0 Å². The minimum Gasteiger partial charge on any atom is -0.465 e. The first-order chi connectivity index (χ1) is 8.24. The molecule has 0 unspecified atom stereocenters. The van der Waals surface area contributed by atoms with E-state index in [9.17, 15) is 23.3 Å². The summed E-state index contributed by atoms with van der Waals surface area (Å²) in [5.41, 5.74) is -0.616. The summed E-state index contributed by atoms with van der Waals surface area (Å²) >= 11 is 0. The van der Waals surface area contributed by atoms with E-state index < -0.39 is 32.4 Å². The Morgan fingerprint density at radius 3 is 2.44 bits per heavy atom. The van der Waals surface area contributed by atoms with Gasteiger partial charge in [-0.05, 0) is 6.07 Å². The molecule has 0 N–H and O–H groups in total. The molecule has 1 rings (SSSR count).